The number of nitrogens with one attached hydrogen (secondary N) is 1. The number of piperidine rings is 1. The van der Waals surface area contributed by atoms with E-state index < -0.39 is 0 Å². The molecule has 0 bridgehead atoms. The van der Waals surface area contributed by atoms with Crippen molar-refractivity contribution in [2.24, 2.45) is 0 Å². The van der Waals surface area contributed by atoms with Crippen molar-refractivity contribution in [3.63, 3.8) is 0 Å². The molecular weight excluding hydrogens is 321 g/mol. The van der Waals surface area contributed by atoms with Crippen molar-refractivity contribution in [3.05, 3.63) is 33.8 Å². The summed E-state index contributed by atoms with van der Waals surface area (Å²) in [6.07, 6.45) is 5.47. The molecule has 0 amide bonds. The molecule has 22 heavy (non-hydrogen) atoms. The molecule has 2 unspecified atom stereocenters. The lowest BCUT2D eigenvalue weighted by molar-refractivity contribution is -0.173. The molecule has 3 rings (SSSR count). The summed E-state index contributed by atoms with van der Waals surface area (Å²) in [5, 5.41) is 4.71. The number of rotatable bonds is 4. The lowest BCUT2D eigenvalue weighted by atomic mass is 9.75. The van der Waals surface area contributed by atoms with E-state index in [9.17, 15) is 0 Å². The Morgan fingerprint density at radius 2 is 2.14 bits per heavy atom. The van der Waals surface area contributed by atoms with Crippen molar-refractivity contribution < 1.29 is 9.47 Å². The summed E-state index contributed by atoms with van der Waals surface area (Å²) in [4.78, 5) is 0. The van der Waals surface area contributed by atoms with Crippen LogP contribution in [0.15, 0.2) is 18.2 Å². The summed E-state index contributed by atoms with van der Waals surface area (Å²) in [5.74, 6) is 0. The molecule has 2 atom stereocenters. The first-order valence-electron chi connectivity index (χ1n) is 8.09. The Kier molecular flexibility index (Phi) is 5.64. The molecule has 2 heterocycles. The average molecular weight is 344 g/mol. The van der Waals surface area contributed by atoms with Crippen molar-refractivity contribution in [1.82, 2.24) is 5.32 Å². The van der Waals surface area contributed by atoms with E-state index in [0.29, 0.717) is 16.7 Å². The quantitative estimate of drug-likeness (QED) is 0.890. The third kappa shape index (κ3) is 3.77. The number of benzene rings is 1. The lowest BCUT2D eigenvalue weighted by Crippen LogP contribution is -2.47. The van der Waals surface area contributed by atoms with Crippen molar-refractivity contribution in [1.29, 1.82) is 0 Å². The van der Waals surface area contributed by atoms with E-state index in [-0.39, 0.29) is 11.7 Å². The summed E-state index contributed by atoms with van der Waals surface area (Å²) in [6, 6.07) is 5.95. The van der Waals surface area contributed by atoms with Crippen LogP contribution in [0.4, 0.5) is 0 Å². The first-order valence-corrected chi connectivity index (χ1v) is 8.85. The summed E-state index contributed by atoms with van der Waals surface area (Å²) in [6.45, 7) is 3.42. The van der Waals surface area contributed by atoms with Gasteiger partial charge < -0.3 is 14.8 Å². The molecule has 0 aromatic heterocycles. The highest BCUT2D eigenvalue weighted by molar-refractivity contribution is 6.42. The van der Waals surface area contributed by atoms with Gasteiger partial charge in [-0.1, -0.05) is 29.3 Å². The van der Waals surface area contributed by atoms with Crippen molar-refractivity contribution in [3.8, 4) is 0 Å². The molecular formula is C17H23Cl2NO2. The molecule has 2 saturated heterocycles. The van der Waals surface area contributed by atoms with Gasteiger partial charge in [0.15, 0.2) is 6.29 Å². The Bertz CT molecular complexity index is 497. The van der Waals surface area contributed by atoms with Crippen molar-refractivity contribution in [2.45, 2.75) is 43.8 Å². The van der Waals surface area contributed by atoms with Gasteiger partial charge in [0.2, 0.25) is 0 Å². The molecule has 3 nitrogen and oxygen atoms in total. The van der Waals surface area contributed by atoms with Crippen LogP contribution in [0.2, 0.25) is 10.0 Å². The standard InChI is InChI=1S/C17H23Cl2NO2/c18-14-6-5-13(10-15(14)19)17(7-3-8-20-11-17)12-22-16-4-1-2-9-21-16/h5-6,10,16,20H,1-4,7-9,11-12H2. The first-order chi connectivity index (χ1) is 10.7. The van der Waals surface area contributed by atoms with Crippen LogP contribution in [0.1, 0.15) is 37.7 Å². The normalized spacial score (nSPS) is 29.5. The van der Waals surface area contributed by atoms with E-state index in [1.54, 1.807) is 0 Å². The SMILES string of the molecule is Clc1ccc(C2(COC3CCCCO3)CCCNC2)cc1Cl. The molecule has 1 aromatic carbocycles. The van der Waals surface area contributed by atoms with Crippen LogP contribution in [0.5, 0.6) is 0 Å². The summed E-state index contributed by atoms with van der Waals surface area (Å²) in [7, 11) is 0. The van der Waals surface area contributed by atoms with Crippen molar-refractivity contribution in [2.75, 3.05) is 26.3 Å². The van der Waals surface area contributed by atoms with E-state index in [0.717, 1.165) is 45.4 Å². The van der Waals surface area contributed by atoms with E-state index in [1.807, 2.05) is 12.1 Å². The Morgan fingerprint density at radius 1 is 1.23 bits per heavy atom. The highest BCUT2D eigenvalue weighted by Crippen LogP contribution is 2.35. The van der Waals surface area contributed by atoms with Gasteiger partial charge in [0.05, 0.1) is 16.7 Å². The van der Waals surface area contributed by atoms with Gasteiger partial charge in [-0.05, 0) is 56.3 Å². The van der Waals surface area contributed by atoms with E-state index in [2.05, 4.69) is 11.4 Å². The highest BCUT2D eigenvalue weighted by atomic mass is 35.5. The molecule has 122 valence electrons. The van der Waals surface area contributed by atoms with E-state index in [1.165, 1.54) is 12.0 Å². The molecule has 0 aliphatic carbocycles. The molecule has 2 aliphatic rings. The van der Waals surface area contributed by atoms with Gasteiger partial charge in [0.1, 0.15) is 0 Å². The predicted octanol–water partition coefficient (Wildman–Crippen LogP) is 4.16. The van der Waals surface area contributed by atoms with E-state index >= 15 is 0 Å². The third-order valence-corrected chi connectivity index (χ3v) is 5.43. The predicted molar refractivity (Wildman–Crippen MR) is 89.8 cm³/mol. The second-order valence-corrected chi connectivity index (χ2v) is 7.11. The summed E-state index contributed by atoms with van der Waals surface area (Å²) < 4.78 is 11.8. The van der Waals surface area contributed by atoms with Crippen LogP contribution >= 0.6 is 23.2 Å². The fourth-order valence-electron chi connectivity index (χ4n) is 3.34. The van der Waals surface area contributed by atoms with E-state index in [4.69, 9.17) is 32.7 Å². The van der Waals surface area contributed by atoms with Crippen LogP contribution in [0.25, 0.3) is 0 Å². The molecule has 2 fully saturated rings. The first kappa shape index (κ1) is 16.5. The minimum Gasteiger partial charge on any atom is -0.353 e. The maximum Gasteiger partial charge on any atom is 0.157 e. The zero-order valence-corrected chi connectivity index (χ0v) is 14.3. The highest BCUT2D eigenvalue weighted by Gasteiger charge is 2.35. The average Bonchev–Trinajstić information content (AvgIpc) is 2.57. The monoisotopic (exact) mass is 343 g/mol. The molecule has 0 saturated carbocycles. The summed E-state index contributed by atoms with van der Waals surface area (Å²) >= 11 is 12.3. The fraction of sp³-hybridized carbons (Fsp3) is 0.647. The maximum absolute atomic E-state index is 6.23. The minimum absolute atomic E-state index is 0.0483. The number of ether oxygens (including phenoxy) is 2. The Balaban J connectivity index is 1.76. The van der Waals surface area contributed by atoms with Gasteiger partial charge in [-0.25, -0.2) is 0 Å². The molecule has 5 heteroatoms. The largest absolute Gasteiger partial charge is 0.353 e. The molecule has 1 aromatic rings. The van der Waals surface area contributed by atoms with Crippen LogP contribution in [0, 0.1) is 0 Å². The molecule has 0 spiro atoms. The van der Waals surface area contributed by atoms with Crippen LogP contribution < -0.4 is 5.32 Å². The van der Waals surface area contributed by atoms with Gasteiger partial charge in [0.25, 0.3) is 0 Å². The van der Waals surface area contributed by atoms with Crippen LogP contribution in [-0.2, 0) is 14.9 Å². The zero-order chi connectivity index (χ0) is 15.4. The summed E-state index contributed by atoms with van der Waals surface area (Å²) in [5.41, 5.74) is 1.15. The van der Waals surface area contributed by atoms with Gasteiger partial charge in [-0.3, -0.25) is 0 Å². The second kappa shape index (κ2) is 7.50. The van der Waals surface area contributed by atoms with Gasteiger partial charge >= 0.3 is 0 Å². The molecule has 1 N–H and O–H groups in total. The molecule has 0 radical (unpaired) electrons. The topological polar surface area (TPSA) is 30.5 Å². The number of halogens is 2. The Morgan fingerprint density at radius 3 is 2.82 bits per heavy atom. The number of hydrogen-bond acceptors (Lipinski definition) is 3. The second-order valence-electron chi connectivity index (χ2n) is 6.30. The zero-order valence-electron chi connectivity index (χ0n) is 12.7. The number of hydrogen-bond donors (Lipinski definition) is 1. The van der Waals surface area contributed by atoms with Gasteiger partial charge in [-0.2, -0.15) is 0 Å². The third-order valence-electron chi connectivity index (χ3n) is 4.69. The van der Waals surface area contributed by atoms with Crippen LogP contribution in [-0.4, -0.2) is 32.6 Å². The fourth-order valence-corrected chi connectivity index (χ4v) is 3.64. The Hall–Kier alpha value is -0.320. The van der Waals surface area contributed by atoms with Gasteiger partial charge in [0, 0.05) is 18.6 Å². The smallest absolute Gasteiger partial charge is 0.157 e. The lowest BCUT2D eigenvalue weighted by Gasteiger charge is -2.39. The minimum atomic E-state index is -0.0599. The Labute approximate surface area is 142 Å². The molecule has 2 aliphatic heterocycles. The maximum atomic E-state index is 6.23. The van der Waals surface area contributed by atoms with Gasteiger partial charge in [-0.15, -0.1) is 0 Å². The van der Waals surface area contributed by atoms with Crippen molar-refractivity contribution >= 4 is 23.2 Å². The van der Waals surface area contributed by atoms with Crippen LogP contribution in [0.3, 0.4) is 0 Å².